The highest BCUT2D eigenvalue weighted by molar-refractivity contribution is 7.13. The molecule has 0 spiro atoms. The van der Waals surface area contributed by atoms with E-state index < -0.39 is 0 Å². The first kappa shape index (κ1) is 24.1. The topological polar surface area (TPSA) is 66.8 Å². The van der Waals surface area contributed by atoms with Crippen molar-refractivity contribution >= 4 is 23.2 Å². The quantitative estimate of drug-likeness (QED) is 0.378. The van der Waals surface area contributed by atoms with Gasteiger partial charge in [-0.15, -0.1) is 11.3 Å². The number of hydrogen-bond acceptors (Lipinski definition) is 5. The van der Waals surface area contributed by atoms with E-state index in [9.17, 15) is 14.7 Å². The van der Waals surface area contributed by atoms with Crippen LogP contribution < -0.4 is 0 Å². The minimum Gasteiger partial charge on any atom is -0.508 e. The highest BCUT2D eigenvalue weighted by Gasteiger charge is 2.25. The number of benzene rings is 1. The SMILES string of the molecule is CC(C)OC(=O)c1ccc(CCCN2C(=O)CCC[C@@H]2C=CCCc2cccc(O)c2)s1. The fraction of sp³-hybridized carbons (Fsp3) is 0.462. The number of piperidine rings is 1. The van der Waals surface area contributed by atoms with Crippen molar-refractivity contribution in [3.8, 4) is 5.75 Å². The molecule has 1 aromatic carbocycles. The largest absolute Gasteiger partial charge is 0.508 e. The van der Waals surface area contributed by atoms with Gasteiger partial charge in [-0.1, -0.05) is 24.3 Å². The van der Waals surface area contributed by atoms with Crippen LogP contribution in [-0.2, 0) is 22.4 Å². The zero-order valence-electron chi connectivity index (χ0n) is 19.0. The molecule has 1 fully saturated rings. The van der Waals surface area contributed by atoms with Crippen LogP contribution in [0.3, 0.4) is 0 Å². The molecule has 1 saturated heterocycles. The van der Waals surface area contributed by atoms with E-state index in [-0.39, 0.29) is 24.0 Å². The molecule has 1 aromatic heterocycles. The number of carbonyl (C=O) groups excluding carboxylic acids is 2. The van der Waals surface area contributed by atoms with E-state index >= 15 is 0 Å². The Hall–Kier alpha value is -2.60. The van der Waals surface area contributed by atoms with E-state index in [2.05, 4.69) is 12.2 Å². The number of likely N-dealkylation sites (tertiary alicyclic amines) is 1. The summed E-state index contributed by atoms with van der Waals surface area (Å²) >= 11 is 1.48. The van der Waals surface area contributed by atoms with Gasteiger partial charge in [-0.2, -0.15) is 0 Å². The van der Waals surface area contributed by atoms with Crippen LogP contribution in [-0.4, -0.2) is 40.6 Å². The third-order valence-electron chi connectivity index (χ3n) is 5.51. The Morgan fingerprint density at radius 1 is 1.28 bits per heavy atom. The number of aromatic hydroxyl groups is 1. The van der Waals surface area contributed by atoms with Crippen molar-refractivity contribution in [2.24, 2.45) is 0 Å². The van der Waals surface area contributed by atoms with E-state index in [1.807, 2.05) is 43.0 Å². The first-order valence-corrected chi connectivity index (χ1v) is 12.3. The van der Waals surface area contributed by atoms with Gasteiger partial charge in [0, 0.05) is 23.9 Å². The minimum absolute atomic E-state index is 0.122. The lowest BCUT2D eigenvalue weighted by molar-refractivity contribution is -0.135. The molecule has 1 amide bonds. The Balaban J connectivity index is 1.48. The maximum Gasteiger partial charge on any atom is 0.348 e. The first-order chi connectivity index (χ1) is 15.4. The number of phenols is 1. The number of carbonyl (C=O) groups is 2. The molecule has 1 atom stereocenters. The summed E-state index contributed by atoms with van der Waals surface area (Å²) < 4.78 is 5.26. The van der Waals surface area contributed by atoms with Crippen LogP contribution in [0.5, 0.6) is 5.75 Å². The second kappa shape index (κ2) is 11.9. The molecule has 5 nitrogen and oxygen atoms in total. The predicted molar refractivity (Wildman–Crippen MR) is 128 cm³/mol. The van der Waals surface area contributed by atoms with Crippen molar-refractivity contribution in [1.29, 1.82) is 0 Å². The van der Waals surface area contributed by atoms with Crippen molar-refractivity contribution < 1.29 is 19.4 Å². The molecule has 32 heavy (non-hydrogen) atoms. The van der Waals surface area contributed by atoms with Crippen LogP contribution in [0, 0.1) is 0 Å². The molecule has 1 aliphatic rings. The number of esters is 1. The average Bonchev–Trinajstić information content (AvgIpc) is 3.22. The third kappa shape index (κ3) is 7.23. The molecular weight excluding hydrogens is 422 g/mol. The lowest BCUT2D eigenvalue weighted by Gasteiger charge is -2.34. The highest BCUT2D eigenvalue weighted by atomic mass is 32.1. The molecule has 0 saturated carbocycles. The van der Waals surface area contributed by atoms with E-state index in [0.29, 0.717) is 17.0 Å². The van der Waals surface area contributed by atoms with Crippen LogP contribution in [0.25, 0.3) is 0 Å². The molecular formula is C26H33NO4S. The van der Waals surface area contributed by atoms with E-state index in [0.717, 1.165) is 55.5 Å². The number of amides is 1. The van der Waals surface area contributed by atoms with E-state index in [1.165, 1.54) is 11.3 Å². The fourth-order valence-corrected chi connectivity index (χ4v) is 4.90. The van der Waals surface area contributed by atoms with Gasteiger partial charge in [0.2, 0.25) is 5.91 Å². The predicted octanol–water partition coefficient (Wildman–Crippen LogP) is 5.52. The summed E-state index contributed by atoms with van der Waals surface area (Å²) in [7, 11) is 0. The van der Waals surface area contributed by atoms with Crippen LogP contribution in [0.4, 0.5) is 0 Å². The summed E-state index contributed by atoms with van der Waals surface area (Å²) in [4.78, 5) is 28.4. The number of rotatable bonds is 10. The first-order valence-electron chi connectivity index (χ1n) is 11.5. The van der Waals surface area contributed by atoms with Gasteiger partial charge in [0.25, 0.3) is 0 Å². The molecule has 1 aliphatic heterocycles. The molecule has 1 N–H and O–H groups in total. The summed E-state index contributed by atoms with van der Waals surface area (Å²) in [5.74, 6) is 0.259. The fourth-order valence-electron chi connectivity index (χ4n) is 3.97. The second-order valence-electron chi connectivity index (χ2n) is 8.51. The Labute approximate surface area is 194 Å². The molecule has 0 radical (unpaired) electrons. The number of hydrogen-bond donors (Lipinski definition) is 1. The number of aryl methyl sites for hydroxylation is 2. The molecule has 172 valence electrons. The summed E-state index contributed by atoms with van der Waals surface area (Å²) in [6, 6.07) is 11.3. The van der Waals surface area contributed by atoms with Gasteiger partial charge in [-0.25, -0.2) is 4.79 Å². The summed E-state index contributed by atoms with van der Waals surface area (Å²) in [5, 5.41) is 9.58. The summed E-state index contributed by atoms with van der Waals surface area (Å²) in [6.07, 6.45) is 10.2. The van der Waals surface area contributed by atoms with Gasteiger partial charge in [-0.05, 0) is 82.2 Å². The Morgan fingerprint density at radius 2 is 2.12 bits per heavy atom. The van der Waals surface area contributed by atoms with Crippen molar-refractivity contribution in [3.63, 3.8) is 0 Å². The van der Waals surface area contributed by atoms with Crippen molar-refractivity contribution in [2.45, 2.75) is 70.9 Å². The van der Waals surface area contributed by atoms with Gasteiger partial charge in [0.05, 0.1) is 6.10 Å². The van der Waals surface area contributed by atoms with Gasteiger partial charge in [-0.3, -0.25) is 4.79 Å². The molecule has 0 bridgehead atoms. The summed E-state index contributed by atoms with van der Waals surface area (Å²) in [5.41, 5.74) is 1.11. The molecule has 0 unspecified atom stereocenters. The van der Waals surface area contributed by atoms with E-state index in [4.69, 9.17) is 4.74 Å². The lowest BCUT2D eigenvalue weighted by Crippen LogP contribution is -2.43. The molecule has 0 aliphatic carbocycles. The maximum atomic E-state index is 12.5. The molecule has 2 aromatic rings. The van der Waals surface area contributed by atoms with Crippen molar-refractivity contribution in [2.75, 3.05) is 6.54 Å². The average molecular weight is 456 g/mol. The van der Waals surface area contributed by atoms with Crippen molar-refractivity contribution in [1.82, 2.24) is 4.90 Å². The van der Waals surface area contributed by atoms with Gasteiger partial charge in [0.1, 0.15) is 10.6 Å². The van der Waals surface area contributed by atoms with Gasteiger partial charge >= 0.3 is 5.97 Å². The van der Waals surface area contributed by atoms with Crippen molar-refractivity contribution in [3.05, 3.63) is 63.9 Å². The Kier molecular flexibility index (Phi) is 8.91. The number of phenolic OH excluding ortho intramolecular Hbond substituents is 1. The van der Waals surface area contributed by atoms with Crippen LogP contribution in [0.2, 0.25) is 0 Å². The zero-order valence-corrected chi connectivity index (χ0v) is 19.8. The second-order valence-corrected chi connectivity index (χ2v) is 9.68. The van der Waals surface area contributed by atoms with Gasteiger partial charge < -0.3 is 14.7 Å². The standard InChI is InChI=1S/C26H33NO4S/c1-19(2)31-26(30)24-16-15-23(32-24)13-7-17-27-21(11-6-14-25(27)29)10-4-3-8-20-9-5-12-22(28)18-20/h4-5,9-10,12,15-16,18-19,21,28H,3,6-8,11,13-14,17H2,1-2H3/t21-/m0/s1. The Morgan fingerprint density at radius 3 is 2.91 bits per heavy atom. The molecule has 2 heterocycles. The summed E-state index contributed by atoms with van der Waals surface area (Å²) in [6.45, 7) is 4.42. The highest BCUT2D eigenvalue weighted by Crippen LogP contribution is 2.23. The number of allylic oxidation sites excluding steroid dienone is 1. The number of thiophene rings is 1. The maximum absolute atomic E-state index is 12.5. The Bertz CT molecular complexity index is 933. The van der Waals surface area contributed by atoms with E-state index in [1.54, 1.807) is 12.1 Å². The molecule has 6 heteroatoms. The normalized spacial score (nSPS) is 16.8. The number of nitrogens with zero attached hydrogens (tertiary/aromatic N) is 1. The lowest BCUT2D eigenvalue weighted by atomic mass is 9.99. The van der Waals surface area contributed by atoms with Crippen LogP contribution in [0.1, 0.15) is 66.1 Å². The smallest absolute Gasteiger partial charge is 0.348 e. The monoisotopic (exact) mass is 455 g/mol. The number of ether oxygens (including phenoxy) is 1. The van der Waals surface area contributed by atoms with Crippen LogP contribution in [0.15, 0.2) is 48.6 Å². The van der Waals surface area contributed by atoms with Gasteiger partial charge in [0.15, 0.2) is 0 Å². The molecule has 3 rings (SSSR count). The zero-order chi connectivity index (χ0) is 22.9. The van der Waals surface area contributed by atoms with Crippen LogP contribution >= 0.6 is 11.3 Å². The minimum atomic E-state index is -0.265. The third-order valence-corrected chi connectivity index (χ3v) is 6.63.